The van der Waals surface area contributed by atoms with Crippen molar-refractivity contribution >= 4 is 35.6 Å². The summed E-state index contributed by atoms with van der Waals surface area (Å²) in [7, 11) is 7.03. The van der Waals surface area contributed by atoms with Gasteiger partial charge < -0.3 is 19.9 Å². The molecule has 2 aromatic rings. The fraction of sp³-hybridized carbons (Fsp3) is 0.628. The van der Waals surface area contributed by atoms with Gasteiger partial charge >= 0.3 is 0 Å². The smallest absolute Gasteiger partial charge is 0.245 e. The first-order valence-electron chi connectivity index (χ1n) is 19.9. The van der Waals surface area contributed by atoms with E-state index in [4.69, 9.17) is 4.74 Å². The third-order valence-corrected chi connectivity index (χ3v) is 12.1. The molecule has 1 saturated heterocycles. The molecule has 1 fully saturated rings. The van der Waals surface area contributed by atoms with Crippen LogP contribution in [0.15, 0.2) is 59.5 Å². The molecule has 306 valence electrons. The maximum atomic E-state index is 14.3. The fourth-order valence-corrected chi connectivity index (χ4v) is 8.79. The van der Waals surface area contributed by atoms with Crippen LogP contribution < -0.4 is 5.32 Å². The maximum absolute atomic E-state index is 14.3. The van der Waals surface area contributed by atoms with Crippen molar-refractivity contribution in [2.75, 3.05) is 41.3 Å². The number of amides is 4. The lowest BCUT2D eigenvalue weighted by atomic mass is 9.89. The third-order valence-electron chi connectivity index (χ3n) is 11.1. The van der Waals surface area contributed by atoms with Gasteiger partial charge in [-0.1, -0.05) is 85.2 Å². The van der Waals surface area contributed by atoms with Crippen LogP contribution in [0.25, 0.3) is 0 Å². The molecule has 0 aromatic heterocycles. The van der Waals surface area contributed by atoms with E-state index < -0.39 is 30.1 Å². The Hall–Kier alpha value is -3.48. The summed E-state index contributed by atoms with van der Waals surface area (Å²) in [5.41, 5.74) is 1.10. The minimum Gasteiger partial charge on any atom is -0.379 e. The normalized spacial score (nSPS) is 17.8. The molecular formula is C43H66FN5O5S. The summed E-state index contributed by atoms with van der Waals surface area (Å²) in [5, 5.41) is 3.05. The Morgan fingerprint density at radius 2 is 1.56 bits per heavy atom. The SMILES string of the molecule is CCC(C)C(C(CC(=O)N1CCCC1C(C)C(=O)N(CCc1ccccc1)Sc1ccc(F)cc1)OC)N(C)C(=O)C(NC(=O)C(C(C)C)N(C)C)C(C)C. The van der Waals surface area contributed by atoms with E-state index in [0.29, 0.717) is 25.9 Å². The largest absolute Gasteiger partial charge is 0.379 e. The first-order chi connectivity index (χ1) is 26.0. The Morgan fingerprint density at radius 1 is 0.927 bits per heavy atom. The summed E-state index contributed by atoms with van der Waals surface area (Å²) in [6, 6.07) is 14.2. The van der Waals surface area contributed by atoms with Crippen molar-refractivity contribution < 1.29 is 28.3 Å². The Morgan fingerprint density at radius 3 is 2.11 bits per heavy atom. The number of ether oxygens (including phenoxy) is 1. The number of benzene rings is 2. The summed E-state index contributed by atoms with van der Waals surface area (Å²) >= 11 is 1.29. The molecule has 7 unspecified atom stereocenters. The zero-order valence-corrected chi connectivity index (χ0v) is 35.8. The van der Waals surface area contributed by atoms with E-state index in [-0.39, 0.29) is 59.7 Å². The Balaban J connectivity index is 1.81. The minimum atomic E-state index is -0.758. The highest BCUT2D eigenvalue weighted by Gasteiger charge is 2.42. The van der Waals surface area contributed by atoms with E-state index in [2.05, 4.69) is 12.2 Å². The molecule has 3 rings (SSSR count). The lowest BCUT2D eigenvalue weighted by Crippen LogP contribution is -2.59. The van der Waals surface area contributed by atoms with Gasteiger partial charge in [0.2, 0.25) is 23.6 Å². The average molecular weight is 784 g/mol. The van der Waals surface area contributed by atoms with Crippen LogP contribution in [-0.2, 0) is 30.3 Å². The summed E-state index contributed by atoms with van der Waals surface area (Å²) in [4.78, 5) is 62.4. The predicted molar refractivity (Wildman–Crippen MR) is 219 cm³/mol. The average Bonchev–Trinajstić information content (AvgIpc) is 3.65. The van der Waals surface area contributed by atoms with Gasteiger partial charge in [0, 0.05) is 38.2 Å². The van der Waals surface area contributed by atoms with Crippen LogP contribution in [-0.4, -0.2) is 114 Å². The van der Waals surface area contributed by atoms with Crippen molar-refractivity contribution in [2.24, 2.45) is 23.7 Å². The lowest BCUT2D eigenvalue weighted by molar-refractivity contribution is -0.147. The lowest BCUT2D eigenvalue weighted by Gasteiger charge is -2.41. The van der Waals surface area contributed by atoms with E-state index in [1.807, 2.05) is 95.8 Å². The van der Waals surface area contributed by atoms with Crippen molar-refractivity contribution in [2.45, 2.75) is 116 Å². The van der Waals surface area contributed by atoms with Crippen LogP contribution in [0, 0.1) is 29.5 Å². The molecule has 0 saturated carbocycles. The molecule has 2 aromatic carbocycles. The third kappa shape index (κ3) is 12.5. The minimum absolute atomic E-state index is 0.0167. The fourth-order valence-electron chi connectivity index (χ4n) is 7.84. The summed E-state index contributed by atoms with van der Waals surface area (Å²) in [5.74, 6) is -1.60. The van der Waals surface area contributed by atoms with Crippen molar-refractivity contribution in [1.29, 1.82) is 0 Å². The monoisotopic (exact) mass is 783 g/mol. The first kappa shape index (κ1) is 45.9. The molecule has 0 radical (unpaired) electrons. The number of hydrogen-bond donors (Lipinski definition) is 1. The number of likely N-dealkylation sites (N-methyl/N-ethyl adjacent to an activating group) is 2. The number of rotatable bonds is 20. The highest BCUT2D eigenvalue weighted by Crippen LogP contribution is 2.32. The second-order valence-corrected chi connectivity index (χ2v) is 17.1. The molecule has 55 heavy (non-hydrogen) atoms. The summed E-state index contributed by atoms with van der Waals surface area (Å²) < 4.78 is 21.5. The molecule has 0 bridgehead atoms. The molecule has 0 spiro atoms. The number of hydrogen-bond acceptors (Lipinski definition) is 7. The Kier molecular flexibility index (Phi) is 18.1. The van der Waals surface area contributed by atoms with Gasteiger partial charge in [0.15, 0.2) is 0 Å². The molecule has 12 heteroatoms. The van der Waals surface area contributed by atoms with Gasteiger partial charge in [-0.2, -0.15) is 0 Å². The van der Waals surface area contributed by atoms with E-state index in [1.54, 1.807) is 35.5 Å². The number of halogens is 1. The van der Waals surface area contributed by atoms with Crippen LogP contribution in [0.5, 0.6) is 0 Å². The molecule has 4 amide bonds. The standard InChI is InChI=1S/C43H66FN5O5S/c1-12-30(6)40(47(10)43(53)38(28(2)3)45-41(51)39(29(4)5)46(8)9)36(54-11)27-37(50)48-25-16-19-35(48)31(7)42(52)49(26-24-32-17-14-13-15-18-32)55-34-22-20-33(44)21-23-34/h13-15,17-18,20-23,28-31,35-36,38-40H,12,16,19,24-27H2,1-11H3,(H,45,51). The van der Waals surface area contributed by atoms with Gasteiger partial charge in [0.05, 0.1) is 30.5 Å². The zero-order chi connectivity index (χ0) is 41.0. The van der Waals surface area contributed by atoms with Gasteiger partial charge in [0.25, 0.3) is 0 Å². The van der Waals surface area contributed by atoms with Crippen LogP contribution in [0.1, 0.15) is 79.7 Å². The van der Waals surface area contributed by atoms with Crippen molar-refractivity contribution in [3.8, 4) is 0 Å². The number of carbonyl (C=O) groups is 4. The van der Waals surface area contributed by atoms with Crippen LogP contribution in [0.2, 0.25) is 0 Å². The van der Waals surface area contributed by atoms with Gasteiger partial charge in [-0.05, 0) is 92.9 Å². The summed E-state index contributed by atoms with van der Waals surface area (Å²) in [6.45, 7) is 14.8. The second-order valence-electron chi connectivity index (χ2n) is 16.0. The van der Waals surface area contributed by atoms with Crippen LogP contribution in [0.4, 0.5) is 4.39 Å². The maximum Gasteiger partial charge on any atom is 0.245 e. The molecule has 1 N–H and O–H groups in total. The number of methoxy groups -OCH3 is 1. The number of likely N-dealkylation sites (tertiary alicyclic amines) is 1. The van der Waals surface area contributed by atoms with Crippen LogP contribution >= 0.6 is 11.9 Å². The second kappa shape index (κ2) is 21.7. The molecular weight excluding hydrogens is 718 g/mol. The van der Waals surface area contributed by atoms with Crippen molar-refractivity contribution in [3.05, 3.63) is 66.0 Å². The molecule has 1 aliphatic heterocycles. The van der Waals surface area contributed by atoms with E-state index in [9.17, 15) is 23.6 Å². The number of nitrogens with one attached hydrogen (secondary N) is 1. The molecule has 1 heterocycles. The molecule has 1 aliphatic rings. The van der Waals surface area contributed by atoms with Gasteiger partial charge in [0.1, 0.15) is 11.9 Å². The topological polar surface area (TPSA) is 103 Å². The molecule has 7 atom stereocenters. The molecule has 10 nitrogen and oxygen atoms in total. The van der Waals surface area contributed by atoms with E-state index >= 15 is 0 Å². The summed E-state index contributed by atoms with van der Waals surface area (Å²) in [6.07, 6.45) is 2.28. The predicted octanol–water partition coefficient (Wildman–Crippen LogP) is 6.54. The van der Waals surface area contributed by atoms with E-state index in [0.717, 1.165) is 23.3 Å². The quantitative estimate of drug-likeness (QED) is 0.152. The van der Waals surface area contributed by atoms with Crippen LogP contribution in [0.3, 0.4) is 0 Å². The van der Waals surface area contributed by atoms with Crippen molar-refractivity contribution in [3.63, 3.8) is 0 Å². The molecule has 0 aliphatic carbocycles. The van der Waals surface area contributed by atoms with E-state index in [1.165, 1.54) is 24.1 Å². The Bertz CT molecular complexity index is 1520. The highest BCUT2D eigenvalue weighted by atomic mass is 32.2. The van der Waals surface area contributed by atoms with Gasteiger partial charge in [-0.3, -0.25) is 28.4 Å². The first-order valence-corrected chi connectivity index (χ1v) is 20.6. The van der Waals surface area contributed by atoms with Gasteiger partial charge in [-0.25, -0.2) is 4.39 Å². The highest BCUT2D eigenvalue weighted by molar-refractivity contribution is 7.97. The van der Waals surface area contributed by atoms with Crippen molar-refractivity contribution in [1.82, 2.24) is 24.3 Å². The van der Waals surface area contributed by atoms with Gasteiger partial charge in [-0.15, -0.1) is 0 Å². The number of nitrogens with zero attached hydrogens (tertiary/aromatic N) is 4. The number of carbonyl (C=O) groups excluding carboxylic acids is 4. The Labute approximate surface area is 334 Å². The zero-order valence-electron chi connectivity index (χ0n) is 35.0.